The quantitative estimate of drug-likeness (QED) is 0.645. The number of aromatic nitrogens is 2. The SMILES string of the molecule is Cn1nc(C(O)O)cc1Br. The van der Waals surface area contributed by atoms with Crippen LogP contribution in [-0.2, 0) is 7.05 Å². The van der Waals surface area contributed by atoms with Crippen LogP contribution >= 0.6 is 15.9 Å². The van der Waals surface area contributed by atoms with Gasteiger partial charge in [0.25, 0.3) is 0 Å². The van der Waals surface area contributed by atoms with Crippen LogP contribution in [0.15, 0.2) is 10.7 Å². The van der Waals surface area contributed by atoms with Gasteiger partial charge in [0.1, 0.15) is 10.3 Å². The van der Waals surface area contributed by atoms with Crippen LogP contribution in [0, 0.1) is 0 Å². The molecule has 5 heteroatoms. The minimum atomic E-state index is -1.49. The van der Waals surface area contributed by atoms with Crippen molar-refractivity contribution in [2.75, 3.05) is 0 Å². The normalized spacial score (nSPS) is 10.9. The lowest BCUT2D eigenvalue weighted by molar-refractivity contribution is -0.0461. The summed E-state index contributed by atoms with van der Waals surface area (Å²) in [5, 5.41) is 21.0. The zero-order chi connectivity index (χ0) is 7.72. The van der Waals surface area contributed by atoms with Crippen LogP contribution in [-0.4, -0.2) is 20.0 Å². The van der Waals surface area contributed by atoms with E-state index in [9.17, 15) is 0 Å². The highest BCUT2D eigenvalue weighted by atomic mass is 79.9. The average molecular weight is 207 g/mol. The van der Waals surface area contributed by atoms with Gasteiger partial charge in [-0.25, -0.2) is 0 Å². The Kier molecular flexibility index (Phi) is 2.08. The summed E-state index contributed by atoms with van der Waals surface area (Å²) in [6.45, 7) is 0. The van der Waals surface area contributed by atoms with Crippen LogP contribution in [0.4, 0.5) is 0 Å². The molecule has 56 valence electrons. The van der Waals surface area contributed by atoms with Crippen molar-refractivity contribution in [1.29, 1.82) is 0 Å². The lowest BCUT2D eigenvalue weighted by Crippen LogP contribution is -1.97. The first-order chi connectivity index (χ1) is 4.61. The zero-order valence-electron chi connectivity index (χ0n) is 5.32. The van der Waals surface area contributed by atoms with Crippen molar-refractivity contribution in [2.45, 2.75) is 6.29 Å². The summed E-state index contributed by atoms with van der Waals surface area (Å²) in [4.78, 5) is 0. The number of rotatable bonds is 1. The van der Waals surface area contributed by atoms with Gasteiger partial charge in [-0.15, -0.1) is 0 Å². The lowest BCUT2D eigenvalue weighted by atomic mass is 10.4. The topological polar surface area (TPSA) is 58.3 Å². The summed E-state index contributed by atoms with van der Waals surface area (Å²) < 4.78 is 2.23. The summed E-state index contributed by atoms with van der Waals surface area (Å²) >= 11 is 3.16. The molecule has 0 saturated carbocycles. The largest absolute Gasteiger partial charge is 0.363 e. The van der Waals surface area contributed by atoms with Crippen molar-refractivity contribution in [3.05, 3.63) is 16.4 Å². The van der Waals surface area contributed by atoms with E-state index in [0.717, 1.165) is 4.60 Å². The maximum Gasteiger partial charge on any atom is 0.197 e. The molecule has 1 aromatic rings. The van der Waals surface area contributed by atoms with E-state index < -0.39 is 6.29 Å². The minimum Gasteiger partial charge on any atom is -0.363 e. The molecule has 0 aliphatic carbocycles. The Labute approximate surface area is 66.2 Å². The fourth-order valence-corrected chi connectivity index (χ4v) is 0.905. The van der Waals surface area contributed by atoms with Crippen LogP contribution in [0.2, 0.25) is 0 Å². The maximum absolute atomic E-state index is 8.62. The summed E-state index contributed by atoms with van der Waals surface area (Å²) in [6, 6.07) is 1.55. The molecule has 0 aromatic carbocycles. The van der Waals surface area contributed by atoms with E-state index in [2.05, 4.69) is 21.0 Å². The molecule has 4 nitrogen and oxygen atoms in total. The molecule has 0 bridgehead atoms. The Morgan fingerprint density at radius 2 is 2.30 bits per heavy atom. The molecule has 1 aromatic heterocycles. The highest BCUT2D eigenvalue weighted by Gasteiger charge is 2.07. The molecule has 0 radical (unpaired) electrons. The van der Waals surface area contributed by atoms with E-state index in [1.54, 1.807) is 13.1 Å². The Balaban J connectivity index is 2.98. The van der Waals surface area contributed by atoms with E-state index in [1.165, 1.54) is 4.68 Å². The number of aliphatic hydroxyl groups is 2. The van der Waals surface area contributed by atoms with E-state index in [0.29, 0.717) is 0 Å². The van der Waals surface area contributed by atoms with E-state index in [-0.39, 0.29) is 5.69 Å². The molecule has 0 amide bonds. The number of hydrogen-bond donors (Lipinski definition) is 2. The molecule has 0 aliphatic rings. The number of aryl methyl sites for hydroxylation is 1. The number of aliphatic hydroxyl groups excluding tert-OH is 1. The predicted octanol–water partition coefficient (Wildman–Crippen LogP) is 0.166. The van der Waals surface area contributed by atoms with Gasteiger partial charge in [0.2, 0.25) is 0 Å². The number of hydrogen-bond acceptors (Lipinski definition) is 3. The van der Waals surface area contributed by atoms with Crippen LogP contribution in [0.3, 0.4) is 0 Å². The van der Waals surface area contributed by atoms with Crippen molar-refractivity contribution in [2.24, 2.45) is 7.05 Å². The zero-order valence-corrected chi connectivity index (χ0v) is 6.91. The third-order valence-electron chi connectivity index (χ3n) is 1.11. The van der Waals surface area contributed by atoms with Gasteiger partial charge in [-0.2, -0.15) is 5.10 Å². The van der Waals surface area contributed by atoms with Gasteiger partial charge in [-0.3, -0.25) is 4.68 Å². The van der Waals surface area contributed by atoms with Gasteiger partial charge in [0.15, 0.2) is 6.29 Å². The smallest absolute Gasteiger partial charge is 0.197 e. The van der Waals surface area contributed by atoms with Gasteiger partial charge < -0.3 is 10.2 Å². The molecule has 0 unspecified atom stereocenters. The fraction of sp³-hybridized carbons (Fsp3) is 0.400. The monoisotopic (exact) mass is 206 g/mol. The molecule has 1 rings (SSSR count). The second kappa shape index (κ2) is 2.69. The highest BCUT2D eigenvalue weighted by molar-refractivity contribution is 9.10. The first-order valence-corrected chi connectivity index (χ1v) is 3.46. The highest BCUT2D eigenvalue weighted by Crippen LogP contribution is 2.14. The van der Waals surface area contributed by atoms with Gasteiger partial charge >= 0.3 is 0 Å². The van der Waals surface area contributed by atoms with Crippen molar-refractivity contribution in [1.82, 2.24) is 9.78 Å². The molecule has 0 fully saturated rings. The number of nitrogens with zero attached hydrogens (tertiary/aromatic N) is 2. The minimum absolute atomic E-state index is 0.245. The Hall–Kier alpha value is -0.390. The summed E-state index contributed by atoms with van der Waals surface area (Å²) in [7, 11) is 1.70. The molecule has 10 heavy (non-hydrogen) atoms. The van der Waals surface area contributed by atoms with Crippen LogP contribution in [0.1, 0.15) is 12.0 Å². The molecule has 1 heterocycles. The average Bonchev–Trinajstić information content (AvgIpc) is 2.13. The Morgan fingerprint density at radius 3 is 2.50 bits per heavy atom. The van der Waals surface area contributed by atoms with E-state index in [1.807, 2.05) is 0 Å². The molecule has 2 N–H and O–H groups in total. The van der Waals surface area contributed by atoms with E-state index in [4.69, 9.17) is 10.2 Å². The number of halogens is 1. The van der Waals surface area contributed by atoms with Crippen molar-refractivity contribution >= 4 is 15.9 Å². The van der Waals surface area contributed by atoms with Crippen molar-refractivity contribution in [3.8, 4) is 0 Å². The fourth-order valence-electron chi connectivity index (χ4n) is 0.591. The third kappa shape index (κ3) is 1.36. The second-order valence-electron chi connectivity index (χ2n) is 1.89. The van der Waals surface area contributed by atoms with Crippen LogP contribution in [0.5, 0.6) is 0 Å². The molecule has 0 saturated heterocycles. The van der Waals surface area contributed by atoms with Gasteiger partial charge in [0, 0.05) is 7.05 Å². The first kappa shape index (κ1) is 7.71. The molecule has 0 aliphatic heterocycles. The van der Waals surface area contributed by atoms with Crippen molar-refractivity contribution in [3.63, 3.8) is 0 Å². The summed E-state index contributed by atoms with van der Waals surface area (Å²) in [5.74, 6) is 0. The molecular weight excluding hydrogens is 200 g/mol. The standard InChI is InChI=1S/C5H7BrN2O2/c1-8-4(6)2-3(7-8)5(9)10/h2,5,9-10H,1H3. The molecular formula is C5H7BrN2O2. The maximum atomic E-state index is 8.62. The second-order valence-corrected chi connectivity index (χ2v) is 2.70. The van der Waals surface area contributed by atoms with Crippen LogP contribution in [0.25, 0.3) is 0 Å². The van der Waals surface area contributed by atoms with Gasteiger partial charge in [-0.1, -0.05) is 0 Å². The Bertz CT molecular complexity index is 214. The van der Waals surface area contributed by atoms with Gasteiger partial charge in [0.05, 0.1) is 0 Å². The predicted molar refractivity (Wildman–Crippen MR) is 38.1 cm³/mol. The lowest BCUT2D eigenvalue weighted by Gasteiger charge is -1.94. The van der Waals surface area contributed by atoms with E-state index >= 15 is 0 Å². The first-order valence-electron chi connectivity index (χ1n) is 2.67. The summed E-state index contributed by atoms with van der Waals surface area (Å²) in [5.41, 5.74) is 0.245. The molecule has 0 atom stereocenters. The third-order valence-corrected chi connectivity index (χ3v) is 1.85. The van der Waals surface area contributed by atoms with Crippen LogP contribution < -0.4 is 0 Å². The van der Waals surface area contributed by atoms with Gasteiger partial charge in [-0.05, 0) is 22.0 Å². The summed E-state index contributed by atoms with van der Waals surface area (Å²) in [6.07, 6.45) is -1.49. The Morgan fingerprint density at radius 1 is 1.70 bits per heavy atom. The molecule has 0 spiro atoms. The van der Waals surface area contributed by atoms with Crippen molar-refractivity contribution < 1.29 is 10.2 Å².